The summed E-state index contributed by atoms with van der Waals surface area (Å²) in [5.41, 5.74) is 0.746. The maximum atomic E-state index is 12.7. The Labute approximate surface area is 191 Å². The molecule has 0 aromatic heterocycles. The van der Waals surface area contributed by atoms with Crippen LogP contribution in [0.4, 0.5) is 0 Å². The monoisotopic (exact) mass is 466 g/mol. The van der Waals surface area contributed by atoms with Gasteiger partial charge in [0, 0.05) is 13.0 Å². The van der Waals surface area contributed by atoms with Gasteiger partial charge in [-0.1, -0.05) is 49.8 Å². The Morgan fingerprint density at radius 3 is 2.61 bits per heavy atom. The van der Waals surface area contributed by atoms with E-state index in [-0.39, 0.29) is 18.9 Å². The van der Waals surface area contributed by atoms with E-state index in [9.17, 15) is 19.5 Å². The first-order valence-electron chi connectivity index (χ1n) is 9.80. The maximum absolute atomic E-state index is 12.7. The van der Waals surface area contributed by atoms with Crippen molar-refractivity contribution in [3.05, 3.63) is 28.7 Å². The van der Waals surface area contributed by atoms with Crippen molar-refractivity contribution in [3.63, 3.8) is 0 Å². The van der Waals surface area contributed by atoms with Crippen LogP contribution in [0.15, 0.2) is 23.1 Å². The highest BCUT2D eigenvalue weighted by Crippen LogP contribution is 2.34. The number of nitrogens with one attached hydrogen (secondary N) is 1. The predicted octanol–water partition coefficient (Wildman–Crippen LogP) is 3.05. The number of aliphatic carboxylic acids is 1. The molecule has 2 amide bonds. The Kier molecular flexibility index (Phi) is 9.32. The smallest absolute Gasteiger partial charge is 0.326 e. The fourth-order valence-corrected chi connectivity index (χ4v) is 4.24. The summed E-state index contributed by atoms with van der Waals surface area (Å²) >= 11 is 6.45. The topological polar surface area (TPSA) is 105 Å². The fraction of sp³-hybridized carbons (Fsp3) is 0.429. The van der Waals surface area contributed by atoms with Gasteiger partial charge in [-0.15, -0.1) is 0 Å². The van der Waals surface area contributed by atoms with Gasteiger partial charge in [0.1, 0.15) is 10.4 Å². The SMILES string of the molecule is CCCC[C@@H](NC(=O)CCN1C(=O)/C(=C\c2ccc(OC)c(OC)c2)SC1=S)C(=O)O. The molecule has 168 valence electrons. The number of amides is 2. The number of hydrogen-bond acceptors (Lipinski definition) is 7. The van der Waals surface area contributed by atoms with Crippen molar-refractivity contribution >= 4 is 52.2 Å². The van der Waals surface area contributed by atoms with Crippen LogP contribution < -0.4 is 14.8 Å². The van der Waals surface area contributed by atoms with Crippen molar-refractivity contribution < 1.29 is 29.0 Å². The average Bonchev–Trinajstić information content (AvgIpc) is 3.01. The lowest BCUT2D eigenvalue weighted by molar-refractivity contribution is -0.142. The molecule has 1 saturated heterocycles. The minimum atomic E-state index is -1.06. The molecule has 2 N–H and O–H groups in total. The lowest BCUT2D eigenvalue weighted by Crippen LogP contribution is -2.42. The van der Waals surface area contributed by atoms with Crippen molar-refractivity contribution in [2.45, 2.75) is 38.6 Å². The lowest BCUT2D eigenvalue weighted by atomic mass is 10.1. The van der Waals surface area contributed by atoms with Crippen molar-refractivity contribution in [1.29, 1.82) is 0 Å². The van der Waals surface area contributed by atoms with E-state index in [4.69, 9.17) is 21.7 Å². The number of carbonyl (C=O) groups excluding carboxylic acids is 2. The summed E-state index contributed by atoms with van der Waals surface area (Å²) in [5, 5.41) is 11.7. The van der Waals surface area contributed by atoms with Crippen LogP contribution in [-0.4, -0.2) is 58.9 Å². The summed E-state index contributed by atoms with van der Waals surface area (Å²) in [4.78, 5) is 38.0. The van der Waals surface area contributed by atoms with Gasteiger partial charge in [0.05, 0.1) is 19.1 Å². The molecule has 8 nitrogen and oxygen atoms in total. The zero-order valence-electron chi connectivity index (χ0n) is 17.7. The minimum absolute atomic E-state index is 0.0357. The number of unbranched alkanes of at least 4 members (excludes halogenated alkanes) is 1. The van der Waals surface area contributed by atoms with Crippen molar-refractivity contribution in [2.75, 3.05) is 20.8 Å². The van der Waals surface area contributed by atoms with Gasteiger partial charge in [-0.25, -0.2) is 4.79 Å². The van der Waals surface area contributed by atoms with Gasteiger partial charge in [0.25, 0.3) is 5.91 Å². The molecule has 1 aliphatic rings. The Balaban J connectivity index is 2.01. The summed E-state index contributed by atoms with van der Waals surface area (Å²) in [6.07, 6.45) is 3.57. The first-order valence-corrected chi connectivity index (χ1v) is 11.0. The molecule has 31 heavy (non-hydrogen) atoms. The van der Waals surface area contributed by atoms with Crippen LogP contribution in [0.1, 0.15) is 38.2 Å². The van der Waals surface area contributed by atoms with Crippen LogP contribution in [0, 0.1) is 0 Å². The molecule has 2 rings (SSSR count). The summed E-state index contributed by atoms with van der Waals surface area (Å²) in [5.74, 6) is -0.665. The number of methoxy groups -OCH3 is 2. The van der Waals surface area contributed by atoms with E-state index in [1.54, 1.807) is 31.4 Å². The number of thioether (sulfide) groups is 1. The van der Waals surface area contributed by atoms with Crippen molar-refractivity contribution in [2.24, 2.45) is 0 Å². The van der Waals surface area contributed by atoms with Gasteiger partial charge in [0.15, 0.2) is 11.5 Å². The van der Waals surface area contributed by atoms with Crippen molar-refractivity contribution in [1.82, 2.24) is 10.2 Å². The number of benzene rings is 1. The van der Waals surface area contributed by atoms with Gasteiger partial charge in [-0.05, 0) is 30.2 Å². The number of carbonyl (C=O) groups is 3. The molecule has 1 aromatic carbocycles. The molecule has 0 spiro atoms. The number of rotatable bonds is 11. The number of carboxylic acid groups (broad SMARTS) is 1. The Morgan fingerprint density at radius 2 is 2.00 bits per heavy atom. The normalized spacial score (nSPS) is 15.8. The van der Waals surface area contributed by atoms with Gasteiger partial charge in [-0.3, -0.25) is 14.5 Å². The fourth-order valence-electron chi connectivity index (χ4n) is 2.93. The molecule has 0 radical (unpaired) electrons. The number of nitrogens with zero attached hydrogens (tertiary/aromatic N) is 1. The van der Waals surface area contributed by atoms with Crippen LogP contribution in [0.5, 0.6) is 11.5 Å². The highest BCUT2D eigenvalue weighted by Gasteiger charge is 2.32. The lowest BCUT2D eigenvalue weighted by Gasteiger charge is -2.17. The molecule has 1 atom stereocenters. The molecular formula is C21H26N2O6S2. The molecule has 0 unspecified atom stereocenters. The maximum Gasteiger partial charge on any atom is 0.326 e. The Morgan fingerprint density at radius 1 is 1.29 bits per heavy atom. The van der Waals surface area contributed by atoms with Gasteiger partial charge < -0.3 is 19.9 Å². The number of carboxylic acids is 1. The van der Waals surface area contributed by atoms with Gasteiger partial charge in [-0.2, -0.15) is 0 Å². The third kappa shape index (κ3) is 6.70. The van der Waals surface area contributed by atoms with Gasteiger partial charge in [0.2, 0.25) is 5.91 Å². The zero-order chi connectivity index (χ0) is 23.0. The number of hydrogen-bond donors (Lipinski definition) is 2. The quantitative estimate of drug-likeness (QED) is 0.379. The van der Waals surface area contributed by atoms with Crippen LogP contribution in [0.3, 0.4) is 0 Å². The van der Waals surface area contributed by atoms with E-state index in [0.717, 1.165) is 23.7 Å². The zero-order valence-corrected chi connectivity index (χ0v) is 19.3. The Bertz CT molecular complexity index is 887. The predicted molar refractivity (Wildman–Crippen MR) is 123 cm³/mol. The van der Waals surface area contributed by atoms with Crippen molar-refractivity contribution in [3.8, 4) is 11.5 Å². The highest BCUT2D eigenvalue weighted by molar-refractivity contribution is 8.26. The standard InChI is InChI=1S/C21H26N2O6S2/c1-4-5-6-14(20(26)27)22-18(24)9-10-23-19(25)17(31-21(23)30)12-13-7-8-15(28-2)16(11-13)29-3/h7-8,11-12,14H,4-6,9-10H2,1-3H3,(H,22,24)(H,26,27)/b17-12+/t14-/m1/s1. The van der Waals surface area contributed by atoms with Crippen LogP contribution in [-0.2, 0) is 14.4 Å². The second-order valence-electron chi connectivity index (χ2n) is 6.80. The average molecular weight is 467 g/mol. The minimum Gasteiger partial charge on any atom is -0.493 e. The molecule has 1 heterocycles. The van der Waals surface area contributed by atoms with Crippen LogP contribution >= 0.6 is 24.0 Å². The third-order valence-corrected chi connectivity index (χ3v) is 6.00. The summed E-state index contributed by atoms with van der Waals surface area (Å²) < 4.78 is 10.8. The van der Waals surface area contributed by atoms with E-state index in [1.807, 2.05) is 6.92 Å². The molecule has 10 heteroatoms. The van der Waals surface area contributed by atoms with E-state index in [0.29, 0.717) is 33.6 Å². The second kappa shape index (κ2) is 11.7. The molecule has 1 aromatic rings. The first kappa shape index (κ1) is 24.7. The Hall–Kier alpha value is -2.59. The molecule has 0 aliphatic carbocycles. The second-order valence-corrected chi connectivity index (χ2v) is 8.47. The highest BCUT2D eigenvalue weighted by atomic mass is 32.2. The third-order valence-electron chi connectivity index (χ3n) is 4.62. The molecule has 1 fully saturated rings. The largest absolute Gasteiger partial charge is 0.493 e. The van der Waals surface area contributed by atoms with E-state index >= 15 is 0 Å². The van der Waals surface area contributed by atoms with E-state index in [2.05, 4.69) is 5.32 Å². The van der Waals surface area contributed by atoms with E-state index < -0.39 is 17.9 Å². The van der Waals surface area contributed by atoms with Crippen LogP contribution in [0.2, 0.25) is 0 Å². The van der Waals surface area contributed by atoms with E-state index in [1.165, 1.54) is 12.0 Å². The summed E-state index contributed by atoms with van der Waals surface area (Å²) in [6.45, 7) is 2.03. The molecule has 0 saturated carbocycles. The number of ether oxygens (including phenoxy) is 2. The summed E-state index contributed by atoms with van der Waals surface area (Å²) in [7, 11) is 3.07. The summed E-state index contributed by atoms with van der Waals surface area (Å²) in [6, 6.07) is 4.36. The van der Waals surface area contributed by atoms with Crippen LogP contribution in [0.25, 0.3) is 6.08 Å². The molecular weight excluding hydrogens is 440 g/mol. The first-order chi connectivity index (χ1) is 14.8. The number of thiocarbonyl (C=S) groups is 1. The molecule has 1 aliphatic heterocycles. The van der Waals surface area contributed by atoms with Gasteiger partial charge >= 0.3 is 5.97 Å². The molecule has 0 bridgehead atoms.